The van der Waals surface area contributed by atoms with Crippen LogP contribution in [0.5, 0.6) is 5.75 Å². The van der Waals surface area contributed by atoms with Gasteiger partial charge in [-0.1, -0.05) is 11.6 Å². The van der Waals surface area contributed by atoms with Gasteiger partial charge in [0.1, 0.15) is 6.61 Å². The van der Waals surface area contributed by atoms with E-state index in [1.165, 1.54) is 42.5 Å². The summed E-state index contributed by atoms with van der Waals surface area (Å²) in [5, 5.41) is 21.7. The van der Waals surface area contributed by atoms with Gasteiger partial charge >= 0.3 is 5.69 Å². The number of hydrogen-bond acceptors (Lipinski definition) is 5. The molecule has 2 aromatic rings. The first kappa shape index (κ1) is 14.7. The topological polar surface area (TPSA) is 95.5 Å². The van der Waals surface area contributed by atoms with Crippen LogP contribution < -0.4 is 4.74 Å². The van der Waals surface area contributed by atoms with Crippen LogP contribution in [-0.4, -0.2) is 9.85 Å². The van der Waals surface area contributed by atoms with E-state index in [4.69, 9.17) is 16.3 Å². The van der Waals surface area contributed by atoms with Crippen molar-refractivity contribution in [3.63, 3.8) is 0 Å². The fourth-order valence-electron chi connectivity index (χ4n) is 1.63. The molecule has 108 valence electrons. The summed E-state index contributed by atoms with van der Waals surface area (Å²) in [5.41, 5.74) is 0.420. The predicted octanol–water partition coefficient (Wildman–Crippen LogP) is 3.74. The number of halogens is 1. The van der Waals surface area contributed by atoms with Crippen molar-refractivity contribution in [2.24, 2.45) is 0 Å². The lowest BCUT2D eigenvalue weighted by atomic mass is 10.2. The maximum atomic E-state index is 10.9. The molecule has 0 aliphatic rings. The molecular formula is C13H9ClN2O5. The van der Waals surface area contributed by atoms with Gasteiger partial charge in [-0.15, -0.1) is 0 Å². The van der Waals surface area contributed by atoms with E-state index in [0.29, 0.717) is 10.6 Å². The lowest BCUT2D eigenvalue weighted by Gasteiger charge is -2.07. The van der Waals surface area contributed by atoms with E-state index in [0.717, 1.165) is 0 Å². The Labute approximate surface area is 124 Å². The van der Waals surface area contributed by atoms with Crippen LogP contribution in [0.1, 0.15) is 5.56 Å². The second-order valence-corrected chi connectivity index (χ2v) is 4.52. The van der Waals surface area contributed by atoms with Crippen LogP contribution in [0.2, 0.25) is 5.02 Å². The third kappa shape index (κ3) is 3.67. The highest BCUT2D eigenvalue weighted by Crippen LogP contribution is 2.30. The summed E-state index contributed by atoms with van der Waals surface area (Å²) in [5.74, 6) is 0.0471. The molecule has 0 unspecified atom stereocenters. The normalized spacial score (nSPS) is 10.1. The Morgan fingerprint density at radius 2 is 1.67 bits per heavy atom. The third-order valence-corrected chi connectivity index (χ3v) is 2.90. The SMILES string of the molecule is O=[N+]([O-])c1ccc(COc2cc(Cl)ccc2[N+](=O)[O-])cc1. The van der Waals surface area contributed by atoms with Crippen LogP contribution >= 0.6 is 11.6 Å². The number of ether oxygens (including phenoxy) is 1. The highest BCUT2D eigenvalue weighted by atomic mass is 35.5. The fraction of sp³-hybridized carbons (Fsp3) is 0.0769. The van der Waals surface area contributed by atoms with Gasteiger partial charge in [0.15, 0.2) is 5.75 Å². The molecule has 21 heavy (non-hydrogen) atoms. The van der Waals surface area contributed by atoms with Crippen molar-refractivity contribution in [3.05, 3.63) is 73.3 Å². The van der Waals surface area contributed by atoms with E-state index in [9.17, 15) is 20.2 Å². The molecule has 0 aromatic heterocycles. The molecule has 7 nitrogen and oxygen atoms in total. The van der Waals surface area contributed by atoms with Crippen LogP contribution in [0.4, 0.5) is 11.4 Å². The largest absolute Gasteiger partial charge is 0.482 e. The van der Waals surface area contributed by atoms with Gasteiger partial charge in [0.2, 0.25) is 0 Å². The quantitative estimate of drug-likeness (QED) is 0.619. The summed E-state index contributed by atoms with van der Waals surface area (Å²) >= 11 is 5.78. The van der Waals surface area contributed by atoms with Crippen LogP contribution in [0.25, 0.3) is 0 Å². The van der Waals surface area contributed by atoms with E-state index < -0.39 is 9.85 Å². The van der Waals surface area contributed by atoms with E-state index in [-0.39, 0.29) is 23.7 Å². The zero-order valence-corrected chi connectivity index (χ0v) is 11.3. The molecule has 0 spiro atoms. The Balaban J connectivity index is 2.14. The van der Waals surface area contributed by atoms with Gasteiger partial charge in [-0.3, -0.25) is 20.2 Å². The molecule has 2 aromatic carbocycles. The van der Waals surface area contributed by atoms with Crippen LogP contribution in [0, 0.1) is 20.2 Å². The molecule has 0 bridgehead atoms. The lowest BCUT2D eigenvalue weighted by Crippen LogP contribution is -1.99. The van der Waals surface area contributed by atoms with E-state index >= 15 is 0 Å². The Bertz CT molecular complexity index is 687. The lowest BCUT2D eigenvalue weighted by molar-refractivity contribution is -0.386. The number of non-ortho nitro benzene ring substituents is 1. The standard InChI is InChI=1S/C13H9ClN2O5/c14-10-3-6-12(16(19)20)13(7-10)21-8-9-1-4-11(5-2-9)15(17)18/h1-7H,8H2. The van der Waals surface area contributed by atoms with Crippen molar-refractivity contribution in [3.8, 4) is 5.75 Å². The number of hydrogen-bond donors (Lipinski definition) is 0. The van der Waals surface area contributed by atoms with Crippen LogP contribution in [0.3, 0.4) is 0 Å². The van der Waals surface area contributed by atoms with Gasteiger partial charge in [0.25, 0.3) is 5.69 Å². The van der Waals surface area contributed by atoms with Crippen molar-refractivity contribution in [1.82, 2.24) is 0 Å². The van der Waals surface area contributed by atoms with Crippen molar-refractivity contribution in [2.45, 2.75) is 6.61 Å². The predicted molar refractivity (Wildman–Crippen MR) is 75.5 cm³/mol. The minimum atomic E-state index is -0.568. The first-order valence-corrected chi connectivity index (χ1v) is 6.15. The summed E-state index contributed by atoms with van der Waals surface area (Å²) in [6.45, 7) is 0.0408. The van der Waals surface area contributed by atoms with Gasteiger partial charge in [-0.2, -0.15) is 0 Å². The zero-order chi connectivity index (χ0) is 15.4. The molecule has 2 rings (SSSR count). The first-order chi connectivity index (χ1) is 9.97. The molecule has 8 heteroatoms. The maximum absolute atomic E-state index is 10.9. The van der Waals surface area contributed by atoms with Crippen LogP contribution in [-0.2, 0) is 6.61 Å². The monoisotopic (exact) mass is 308 g/mol. The summed E-state index contributed by atoms with van der Waals surface area (Å²) in [6, 6.07) is 9.73. The number of nitro benzene ring substituents is 2. The summed E-state index contributed by atoms with van der Waals surface area (Å²) in [7, 11) is 0. The molecule has 0 aliphatic heterocycles. The molecule has 0 aliphatic carbocycles. The number of nitro groups is 2. The number of rotatable bonds is 5. The molecule has 0 radical (unpaired) electrons. The van der Waals surface area contributed by atoms with Gasteiger partial charge < -0.3 is 4.74 Å². The Morgan fingerprint density at radius 3 is 2.24 bits per heavy atom. The number of nitrogens with zero attached hydrogens (tertiary/aromatic N) is 2. The van der Waals surface area contributed by atoms with Crippen molar-refractivity contribution in [1.29, 1.82) is 0 Å². The first-order valence-electron chi connectivity index (χ1n) is 5.77. The molecule has 0 saturated carbocycles. The smallest absolute Gasteiger partial charge is 0.311 e. The van der Waals surface area contributed by atoms with Gasteiger partial charge in [0.05, 0.1) is 9.85 Å². The second kappa shape index (κ2) is 6.19. The summed E-state index contributed by atoms with van der Waals surface area (Å²) in [4.78, 5) is 20.3. The molecule has 0 amide bonds. The van der Waals surface area contributed by atoms with Crippen LogP contribution in [0.15, 0.2) is 42.5 Å². The Morgan fingerprint density at radius 1 is 1.00 bits per heavy atom. The molecule has 0 atom stereocenters. The van der Waals surface area contributed by atoms with Crippen molar-refractivity contribution < 1.29 is 14.6 Å². The van der Waals surface area contributed by atoms with E-state index in [1.54, 1.807) is 0 Å². The summed E-state index contributed by atoms with van der Waals surface area (Å²) in [6.07, 6.45) is 0. The molecule has 0 N–H and O–H groups in total. The van der Waals surface area contributed by atoms with Gasteiger partial charge in [-0.25, -0.2) is 0 Å². The molecular weight excluding hydrogens is 300 g/mol. The Kier molecular flexibility index (Phi) is 4.34. The van der Waals surface area contributed by atoms with Gasteiger partial charge in [0, 0.05) is 29.3 Å². The highest BCUT2D eigenvalue weighted by Gasteiger charge is 2.15. The third-order valence-electron chi connectivity index (χ3n) is 2.66. The summed E-state index contributed by atoms with van der Waals surface area (Å²) < 4.78 is 5.37. The average Bonchev–Trinajstić information content (AvgIpc) is 2.45. The van der Waals surface area contributed by atoms with E-state index in [1.807, 2.05) is 0 Å². The minimum absolute atomic E-state index is 0.0347. The van der Waals surface area contributed by atoms with Gasteiger partial charge in [-0.05, 0) is 23.8 Å². The molecule has 0 saturated heterocycles. The highest BCUT2D eigenvalue weighted by molar-refractivity contribution is 6.30. The maximum Gasteiger partial charge on any atom is 0.311 e. The van der Waals surface area contributed by atoms with Crippen molar-refractivity contribution >= 4 is 23.0 Å². The molecule has 0 heterocycles. The molecule has 0 fully saturated rings. The minimum Gasteiger partial charge on any atom is -0.482 e. The van der Waals surface area contributed by atoms with E-state index in [2.05, 4.69) is 0 Å². The second-order valence-electron chi connectivity index (χ2n) is 4.08. The fourth-order valence-corrected chi connectivity index (χ4v) is 1.79. The Hall–Kier alpha value is -2.67. The zero-order valence-electron chi connectivity index (χ0n) is 10.6. The number of benzene rings is 2. The average molecular weight is 309 g/mol. The van der Waals surface area contributed by atoms with Crippen molar-refractivity contribution in [2.75, 3.05) is 0 Å².